The van der Waals surface area contributed by atoms with Gasteiger partial charge in [-0.1, -0.05) is 36.5 Å². The van der Waals surface area contributed by atoms with Crippen LogP contribution in [0.25, 0.3) is 11.0 Å². The number of para-hydroxylation sites is 1. The number of fused-ring (bicyclic) bond motifs is 1. The Balaban J connectivity index is 2.17. The molecular weight excluding hydrogens is 314 g/mol. The third kappa shape index (κ3) is 3.00. The minimum Gasteiger partial charge on any atom is -0.493 e. The lowest BCUT2D eigenvalue weighted by molar-refractivity contribution is 0.317. The van der Waals surface area contributed by atoms with Crippen LogP contribution in [0.3, 0.4) is 0 Å². The van der Waals surface area contributed by atoms with E-state index in [0.717, 1.165) is 29.1 Å². The second-order valence-electron chi connectivity index (χ2n) is 5.00. The van der Waals surface area contributed by atoms with Crippen LogP contribution in [0, 0.1) is 6.92 Å². The Hall–Kier alpha value is -2.54. The van der Waals surface area contributed by atoms with E-state index < -0.39 is 5.56 Å². The molecule has 0 atom stereocenters. The molecule has 0 bridgehead atoms. The van der Waals surface area contributed by atoms with E-state index in [-0.39, 0.29) is 11.3 Å². The van der Waals surface area contributed by atoms with E-state index in [4.69, 9.17) is 4.74 Å². The quantitative estimate of drug-likeness (QED) is 0.718. The van der Waals surface area contributed by atoms with E-state index in [0.29, 0.717) is 16.1 Å². The zero-order valence-electron chi connectivity index (χ0n) is 12.8. The van der Waals surface area contributed by atoms with Crippen molar-refractivity contribution in [1.82, 2.24) is 14.6 Å². The molecule has 0 N–H and O–H groups in total. The second kappa shape index (κ2) is 6.29. The average Bonchev–Trinajstić information content (AvgIpc) is 2.83. The van der Waals surface area contributed by atoms with Crippen molar-refractivity contribution in [3.8, 4) is 5.75 Å². The van der Waals surface area contributed by atoms with Gasteiger partial charge in [0.25, 0.3) is 11.1 Å². The minimum atomic E-state index is -0.413. The van der Waals surface area contributed by atoms with Gasteiger partial charge in [0, 0.05) is 5.56 Å². The van der Waals surface area contributed by atoms with Gasteiger partial charge < -0.3 is 4.74 Å². The van der Waals surface area contributed by atoms with Crippen LogP contribution in [-0.2, 0) is 0 Å². The van der Waals surface area contributed by atoms with Crippen LogP contribution in [0.15, 0.2) is 33.9 Å². The Morgan fingerprint density at radius 3 is 2.87 bits per heavy atom. The summed E-state index contributed by atoms with van der Waals surface area (Å²) in [6, 6.07) is 7.51. The smallest absolute Gasteiger partial charge is 0.295 e. The summed E-state index contributed by atoms with van der Waals surface area (Å²) in [5.41, 5.74) is 0.315. The molecule has 0 aliphatic heterocycles. The van der Waals surface area contributed by atoms with E-state index in [1.54, 1.807) is 6.08 Å². The topological polar surface area (TPSA) is 73.6 Å². The van der Waals surface area contributed by atoms with Crippen LogP contribution in [0.1, 0.15) is 24.6 Å². The lowest BCUT2D eigenvalue weighted by Crippen LogP contribution is -2.27. The molecule has 0 saturated heterocycles. The molecule has 1 aromatic carbocycles. The average molecular weight is 329 g/mol. The highest BCUT2D eigenvalue weighted by molar-refractivity contribution is 7.15. The van der Waals surface area contributed by atoms with Gasteiger partial charge in [0.05, 0.1) is 11.1 Å². The SMILES string of the molecule is CCCOc1ccccc1C=c1sc2nc(=O)c(C)nn2c1=O. The Morgan fingerprint density at radius 2 is 2.09 bits per heavy atom. The summed E-state index contributed by atoms with van der Waals surface area (Å²) in [6.45, 7) is 4.18. The molecule has 7 heteroatoms. The first-order chi connectivity index (χ1) is 11.1. The monoisotopic (exact) mass is 329 g/mol. The molecule has 0 spiro atoms. The molecule has 0 unspecified atom stereocenters. The third-order valence-corrected chi connectivity index (χ3v) is 4.17. The fourth-order valence-corrected chi connectivity index (χ4v) is 2.97. The van der Waals surface area contributed by atoms with Crippen LogP contribution in [0.2, 0.25) is 0 Å². The molecule has 2 aromatic heterocycles. The van der Waals surface area contributed by atoms with Crippen molar-refractivity contribution in [2.75, 3.05) is 6.61 Å². The largest absolute Gasteiger partial charge is 0.493 e. The van der Waals surface area contributed by atoms with Gasteiger partial charge in [-0.2, -0.15) is 14.6 Å². The molecule has 118 valence electrons. The lowest BCUT2D eigenvalue weighted by atomic mass is 10.2. The molecule has 0 radical (unpaired) electrons. The van der Waals surface area contributed by atoms with Gasteiger partial charge in [-0.3, -0.25) is 9.59 Å². The van der Waals surface area contributed by atoms with E-state index >= 15 is 0 Å². The summed E-state index contributed by atoms with van der Waals surface area (Å²) >= 11 is 1.14. The summed E-state index contributed by atoms with van der Waals surface area (Å²) in [5.74, 6) is 0.720. The second-order valence-corrected chi connectivity index (χ2v) is 6.01. The molecule has 0 aliphatic rings. The zero-order valence-corrected chi connectivity index (χ0v) is 13.6. The zero-order chi connectivity index (χ0) is 16.4. The van der Waals surface area contributed by atoms with Gasteiger partial charge in [-0.25, -0.2) is 0 Å². The first-order valence-corrected chi connectivity index (χ1v) is 8.06. The van der Waals surface area contributed by atoms with Gasteiger partial charge in [0.15, 0.2) is 0 Å². The molecular formula is C16H15N3O3S. The van der Waals surface area contributed by atoms with Crippen LogP contribution < -0.4 is 20.4 Å². The van der Waals surface area contributed by atoms with Crippen molar-refractivity contribution in [1.29, 1.82) is 0 Å². The Kier molecular flexibility index (Phi) is 4.20. The lowest BCUT2D eigenvalue weighted by Gasteiger charge is -2.07. The van der Waals surface area contributed by atoms with Crippen molar-refractivity contribution in [2.45, 2.75) is 20.3 Å². The summed E-state index contributed by atoms with van der Waals surface area (Å²) in [7, 11) is 0. The van der Waals surface area contributed by atoms with Gasteiger partial charge in [0.2, 0.25) is 4.96 Å². The predicted molar refractivity (Wildman–Crippen MR) is 89.2 cm³/mol. The maximum Gasteiger partial charge on any atom is 0.295 e. The maximum atomic E-state index is 12.4. The fraction of sp³-hybridized carbons (Fsp3) is 0.250. The van der Waals surface area contributed by atoms with Crippen molar-refractivity contribution in [2.24, 2.45) is 0 Å². The number of nitrogens with zero attached hydrogens (tertiary/aromatic N) is 3. The Labute approximate surface area is 135 Å². The van der Waals surface area contributed by atoms with Crippen molar-refractivity contribution in [3.63, 3.8) is 0 Å². The van der Waals surface area contributed by atoms with E-state index in [1.807, 2.05) is 31.2 Å². The van der Waals surface area contributed by atoms with Crippen LogP contribution in [0.4, 0.5) is 0 Å². The number of benzene rings is 1. The van der Waals surface area contributed by atoms with Crippen LogP contribution in [0.5, 0.6) is 5.75 Å². The highest BCUT2D eigenvalue weighted by atomic mass is 32.1. The van der Waals surface area contributed by atoms with Crippen molar-refractivity contribution >= 4 is 22.4 Å². The summed E-state index contributed by atoms with van der Waals surface area (Å²) in [5, 5.41) is 4.00. The van der Waals surface area contributed by atoms with Crippen LogP contribution >= 0.6 is 11.3 Å². The normalized spacial score (nSPS) is 12.0. The molecule has 23 heavy (non-hydrogen) atoms. The first-order valence-electron chi connectivity index (χ1n) is 7.24. The number of hydrogen-bond donors (Lipinski definition) is 0. The number of thiazole rings is 1. The first kappa shape index (κ1) is 15.4. The van der Waals surface area contributed by atoms with Crippen LogP contribution in [-0.4, -0.2) is 21.2 Å². The number of ether oxygens (including phenoxy) is 1. The van der Waals surface area contributed by atoms with E-state index in [2.05, 4.69) is 10.1 Å². The van der Waals surface area contributed by atoms with Gasteiger partial charge in [0.1, 0.15) is 11.4 Å². The van der Waals surface area contributed by atoms with Gasteiger partial charge >= 0.3 is 0 Å². The standard InChI is InChI=1S/C16H15N3O3S/c1-3-8-22-12-7-5-4-6-11(12)9-13-15(21)19-16(23-13)17-14(20)10(2)18-19/h4-7,9H,3,8H2,1-2H3. The molecule has 2 heterocycles. The minimum absolute atomic E-state index is 0.204. The summed E-state index contributed by atoms with van der Waals surface area (Å²) in [6.07, 6.45) is 2.65. The molecule has 3 rings (SSSR count). The molecule has 0 saturated carbocycles. The Bertz CT molecular complexity index is 1020. The highest BCUT2D eigenvalue weighted by Crippen LogP contribution is 2.18. The van der Waals surface area contributed by atoms with Gasteiger partial charge in [-0.15, -0.1) is 0 Å². The number of aromatic nitrogens is 3. The Morgan fingerprint density at radius 1 is 1.30 bits per heavy atom. The van der Waals surface area contributed by atoms with E-state index in [9.17, 15) is 9.59 Å². The summed E-state index contributed by atoms with van der Waals surface area (Å²) < 4.78 is 7.32. The molecule has 0 amide bonds. The maximum absolute atomic E-state index is 12.4. The highest BCUT2D eigenvalue weighted by Gasteiger charge is 2.09. The molecule has 6 nitrogen and oxygen atoms in total. The van der Waals surface area contributed by atoms with E-state index in [1.165, 1.54) is 11.4 Å². The molecule has 3 aromatic rings. The third-order valence-electron chi connectivity index (χ3n) is 3.21. The summed E-state index contributed by atoms with van der Waals surface area (Å²) in [4.78, 5) is 28.2. The number of aryl methyl sites for hydroxylation is 1. The number of hydrogen-bond acceptors (Lipinski definition) is 6. The number of rotatable bonds is 4. The fourth-order valence-electron chi connectivity index (χ4n) is 2.07. The van der Waals surface area contributed by atoms with Gasteiger partial charge in [-0.05, 0) is 25.5 Å². The molecule has 0 fully saturated rings. The molecule has 0 aliphatic carbocycles. The van der Waals surface area contributed by atoms with Crippen molar-refractivity contribution in [3.05, 3.63) is 60.8 Å². The predicted octanol–water partition coefficient (Wildman–Crippen LogP) is 1.16. The van der Waals surface area contributed by atoms with Crippen molar-refractivity contribution < 1.29 is 4.74 Å².